The molecule has 4 heterocycles. The van der Waals surface area contributed by atoms with Crippen molar-refractivity contribution in [3.8, 4) is 11.1 Å². The van der Waals surface area contributed by atoms with Gasteiger partial charge >= 0.3 is 0 Å². The van der Waals surface area contributed by atoms with Gasteiger partial charge in [-0.3, -0.25) is 15.0 Å². The third-order valence-corrected chi connectivity index (χ3v) is 6.11. The number of hydrogen-bond acceptors (Lipinski definition) is 5. The Balaban J connectivity index is 0.00000259. The topological polar surface area (TPSA) is 60.9 Å². The first kappa shape index (κ1) is 22.9. The van der Waals surface area contributed by atoms with E-state index in [1.807, 2.05) is 43.0 Å². The second kappa shape index (κ2) is 10.1. The van der Waals surface area contributed by atoms with Crippen LogP contribution in [0.5, 0.6) is 0 Å². The maximum absolute atomic E-state index is 13.4. The zero-order valence-corrected chi connectivity index (χ0v) is 19.2. The van der Waals surface area contributed by atoms with Gasteiger partial charge in [-0.15, -0.1) is 12.4 Å². The van der Waals surface area contributed by atoms with Crippen LogP contribution >= 0.6 is 12.4 Å². The standard InChI is InChI=1S/C25H25FN6.ClH/c1-18-23(17-29-30-18)24(20-8-11-27-12-9-20)31-13-15-32(16-14-31)25-22(3-2-10-28-25)19-4-6-21(26)7-5-19;/h2-12,17,24H,13-16H2,1H3,(H,29,30);1H. The summed E-state index contributed by atoms with van der Waals surface area (Å²) in [5.74, 6) is 0.711. The summed E-state index contributed by atoms with van der Waals surface area (Å²) < 4.78 is 13.4. The highest BCUT2D eigenvalue weighted by Crippen LogP contribution is 2.33. The lowest BCUT2D eigenvalue weighted by Crippen LogP contribution is -2.48. The molecule has 1 unspecified atom stereocenters. The van der Waals surface area contributed by atoms with E-state index in [0.29, 0.717) is 0 Å². The van der Waals surface area contributed by atoms with E-state index in [9.17, 15) is 4.39 Å². The van der Waals surface area contributed by atoms with Crippen molar-refractivity contribution in [3.05, 3.63) is 96.0 Å². The molecule has 1 fully saturated rings. The van der Waals surface area contributed by atoms with Gasteiger partial charge in [-0.05, 0) is 54.4 Å². The Bertz CT molecular complexity index is 1170. The molecule has 0 spiro atoms. The number of nitrogens with one attached hydrogen (secondary N) is 1. The van der Waals surface area contributed by atoms with Crippen molar-refractivity contribution < 1.29 is 4.39 Å². The summed E-state index contributed by atoms with van der Waals surface area (Å²) in [7, 11) is 0. The largest absolute Gasteiger partial charge is 0.354 e. The molecule has 170 valence electrons. The lowest BCUT2D eigenvalue weighted by molar-refractivity contribution is 0.211. The number of anilines is 1. The van der Waals surface area contributed by atoms with Gasteiger partial charge in [0.2, 0.25) is 0 Å². The Hall–Kier alpha value is -3.29. The van der Waals surface area contributed by atoms with Crippen LogP contribution in [-0.2, 0) is 0 Å². The number of aryl methyl sites for hydroxylation is 1. The van der Waals surface area contributed by atoms with Crippen LogP contribution in [0.25, 0.3) is 11.1 Å². The smallest absolute Gasteiger partial charge is 0.136 e. The lowest BCUT2D eigenvalue weighted by Gasteiger charge is -2.40. The first-order valence-corrected chi connectivity index (χ1v) is 10.8. The highest BCUT2D eigenvalue weighted by Gasteiger charge is 2.29. The molecule has 1 atom stereocenters. The van der Waals surface area contributed by atoms with Crippen LogP contribution in [0, 0.1) is 12.7 Å². The highest BCUT2D eigenvalue weighted by molar-refractivity contribution is 5.85. The average Bonchev–Trinajstić information content (AvgIpc) is 3.26. The van der Waals surface area contributed by atoms with E-state index in [-0.39, 0.29) is 24.3 Å². The Morgan fingerprint density at radius 3 is 2.33 bits per heavy atom. The van der Waals surface area contributed by atoms with Gasteiger partial charge in [0.05, 0.1) is 12.2 Å². The maximum atomic E-state index is 13.4. The molecule has 1 aliphatic heterocycles. The van der Waals surface area contributed by atoms with Crippen LogP contribution in [0.15, 0.2) is 73.3 Å². The summed E-state index contributed by atoms with van der Waals surface area (Å²) in [5, 5.41) is 7.35. The maximum Gasteiger partial charge on any atom is 0.136 e. The van der Waals surface area contributed by atoms with E-state index in [1.165, 1.54) is 23.3 Å². The minimum absolute atomic E-state index is 0. The van der Waals surface area contributed by atoms with Gasteiger partial charge in [-0.2, -0.15) is 5.10 Å². The highest BCUT2D eigenvalue weighted by atomic mass is 35.5. The van der Waals surface area contributed by atoms with E-state index in [0.717, 1.165) is 48.8 Å². The Morgan fingerprint density at radius 2 is 1.67 bits per heavy atom. The summed E-state index contributed by atoms with van der Waals surface area (Å²) in [6, 6.07) is 14.9. The molecule has 0 amide bonds. The first-order valence-electron chi connectivity index (χ1n) is 10.8. The summed E-state index contributed by atoms with van der Waals surface area (Å²) in [5.41, 5.74) is 5.48. The molecule has 33 heavy (non-hydrogen) atoms. The number of benzene rings is 1. The number of nitrogens with zero attached hydrogens (tertiary/aromatic N) is 5. The third kappa shape index (κ3) is 4.74. The SMILES string of the molecule is Cc1[nH]ncc1C(c1ccncc1)N1CCN(c2ncccc2-c2ccc(F)cc2)CC1.Cl. The van der Waals surface area contributed by atoms with Gasteiger partial charge in [0.15, 0.2) is 0 Å². The fourth-order valence-electron chi connectivity index (χ4n) is 4.46. The van der Waals surface area contributed by atoms with E-state index in [2.05, 4.69) is 55.1 Å². The molecule has 1 N–H and O–H groups in total. The van der Waals surface area contributed by atoms with Gasteiger partial charge in [-0.1, -0.05) is 12.1 Å². The second-order valence-electron chi connectivity index (χ2n) is 8.04. The van der Waals surface area contributed by atoms with Crippen LogP contribution in [-0.4, -0.2) is 51.2 Å². The molecule has 3 aromatic heterocycles. The van der Waals surface area contributed by atoms with Crippen molar-refractivity contribution in [1.82, 2.24) is 25.1 Å². The number of piperazine rings is 1. The lowest BCUT2D eigenvalue weighted by atomic mass is 9.97. The molecular formula is C25H26ClFN6. The number of aromatic nitrogens is 4. The molecule has 1 saturated heterocycles. The Morgan fingerprint density at radius 1 is 0.939 bits per heavy atom. The van der Waals surface area contributed by atoms with Gasteiger partial charge in [0.1, 0.15) is 11.6 Å². The monoisotopic (exact) mass is 464 g/mol. The van der Waals surface area contributed by atoms with Crippen molar-refractivity contribution >= 4 is 18.2 Å². The van der Waals surface area contributed by atoms with E-state index >= 15 is 0 Å². The number of aromatic amines is 1. The van der Waals surface area contributed by atoms with Crippen molar-refractivity contribution in [1.29, 1.82) is 0 Å². The van der Waals surface area contributed by atoms with Gasteiger partial charge < -0.3 is 4.90 Å². The predicted molar refractivity (Wildman–Crippen MR) is 130 cm³/mol. The number of halogens is 2. The molecule has 4 aromatic rings. The van der Waals surface area contributed by atoms with Crippen LogP contribution in [0.1, 0.15) is 22.9 Å². The van der Waals surface area contributed by atoms with Crippen molar-refractivity contribution in [2.45, 2.75) is 13.0 Å². The number of H-pyrrole nitrogens is 1. The van der Waals surface area contributed by atoms with E-state index in [1.54, 1.807) is 0 Å². The van der Waals surface area contributed by atoms with Crippen LogP contribution < -0.4 is 4.90 Å². The van der Waals surface area contributed by atoms with Crippen LogP contribution in [0.3, 0.4) is 0 Å². The summed E-state index contributed by atoms with van der Waals surface area (Å²) in [6.07, 6.45) is 7.44. The van der Waals surface area contributed by atoms with Crippen molar-refractivity contribution in [2.75, 3.05) is 31.1 Å². The number of pyridine rings is 2. The predicted octanol–water partition coefficient (Wildman–Crippen LogP) is 4.65. The van der Waals surface area contributed by atoms with Crippen LogP contribution in [0.2, 0.25) is 0 Å². The van der Waals surface area contributed by atoms with Gasteiger partial charge in [-0.25, -0.2) is 9.37 Å². The molecular weight excluding hydrogens is 439 g/mol. The number of rotatable bonds is 5. The summed E-state index contributed by atoms with van der Waals surface area (Å²) in [4.78, 5) is 13.7. The Labute approximate surface area is 198 Å². The fraction of sp³-hybridized carbons (Fsp3) is 0.240. The first-order chi connectivity index (χ1) is 15.7. The molecule has 0 radical (unpaired) electrons. The van der Waals surface area contributed by atoms with Gasteiger partial charge in [0, 0.05) is 61.6 Å². The van der Waals surface area contributed by atoms with E-state index < -0.39 is 0 Å². The molecule has 5 rings (SSSR count). The Kier molecular flexibility index (Phi) is 7.01. The zero-order valence-electron chi connectivity index (χ0n) is 18.4. The number of hydrogen-bond donors (Lipinski definition) is 1. The fourth-order valence-corrected chi connectivity index (χ4v) is 4.46. The quantitative estimate of drug-likeness (QED) is 0.466. The van der Waals surface area contributed by atoms with Crippen molar-refractivity contribution in [2.24, 2.45) is 0 Å². The minimum atomic E-state index is -0.232. The summed E-state index contributed by atoms with van der Waals surface area (Å²) >= 11 is 0. The second-order valence-corrected chi connectivity index (χ2v) is 8.04. The normalized spacial score (nSPS) is 15.2. The van der Waals surface area contributed by atoms with Crippen molar-refractivity contribution in [3.63, 3.8) is 0 Å². The third-order valence-electron chi connectivity index (χ3n) is 6.11. The molecule has 0 saturated carbocycles. The van der Waals surface area contributed by atoms with Gasteiger partial charge in [0.25, 0.3) is 0 Å². The molecule has 1 aromatic carbocycles. The molecule has 6 nitrogen and oxygen atoms in total. The molecule has 0 bridgehead atoms. The summed E-state index contributed by atoms with van der Waals surface area (Å²) in [6.45, 7) is 5.54. The molecule has 0 aliphatic carbocycles. The average molecular weight is 465 g/mol. The van der Waals surface area contributed by atoms with E-state index in [4.69, 9.17) is 0 Å². The van der Waals surface area contributed by atoms with Crippen LogP contribution in [0.4, 0.5) is 10.2 Å². The molecule has 8 heteroatoms. The zero-order chi connectivity index (χ0) is 21.9. The minimum Gasteiger partial charge on any atom is -0.354 e. The molecule has 1 aliphatic rings.